The van der Waals surface area contributed by atoms with Crippen molar-refractivity contribution in [2.45, 2.75) is 44.2 Å². The summed E-state index contributed by atoms with van der Waals surface area (Å²) >= 11 is 0. The molecule has 0 aliphatic carbocycles. The van der Waals surface area contributed by atoms with Crippen LogP contribution in [-0.2, 0) is 6.42 Å². The highest BCUT2D eigenvalue weighted by molar-refractivity contribution is 5.22. The number of hydrogen-bond acceptors (Lipinski definition) is 1. The van der Waals surface area contributed by atoms with Gasteiger partial charge in [-0.25, -0.2) is 0 Å². The van der Waals surface area contributed by atoms with Gasteiger partial charge in [-0.1, -0.05) is 67.6 Å². The van der Waals surface area contributed by atoms with Gasteiger partial charge >= 0.3 is 0 Å². The van der Waals surface area contributed by atoms with Crippen molar-refractivity contribution in [3.05, 3.63) is 71.8 Å². The Hall–Kier alpha value is -1.60. The Labute approximate surface area is 122 Å². The van der Waals surface area contributed by atoms with Crippen LogP contribution < -0.4 is 5.32 Å². The molecule has 2 aromatic rings. The standard InChI is InChI=1S/C19H23N/c1-15(17-10-6-3-7-11-17)19-13-12-18(20-19)14-16-8-4-2-5-9-16/h2-11,15,18-20H,12-14H2,1H3/t15?,18-,19+/m0/s1. The molecule has 3 rings (SSSR count). The van der Waals surface area contributed by atoms with Gasteiger partial charge in [0.1, 0.15) is 0 Å². The summed E-state index contributed by atoms with van der Waals surface area (Å²) in [5.74, 6) is 0.594. The molecule has 1 heterocycles. The van der Waals surface area contributed by atoms with Crippen molar-refractivity contribution in [2.75, 3.05) is 0 Å². The lowest BCUT2D eigenvalue weighted by Crippen LogP contribution is -2.34. The SMILES string of the molecule is CC(c1ccccc1)[C@H]1CC[C@@H](Cc2ccccc2)N1. The molecule has 0 radical (unpaired) electrons. The van der Waals surface area contributed by atoms with Crippen LogP contribution in [0.2, 0.25) is 0 Å². The Kier molecular flexibility index (Phi) is 4.17. The minimum absolute atomic E-state index is 0.594. The van der Waals surface area contributed by atoms with Gasteiger partial charge in [-0.05, 0) is 36.3 Å². The Morgan fingerprint density at radius 1 is 0.950 bits per heavy atom. The zero-order chi connectivity index (χ0) is 13.8. The van der Waals surface area contributed by atoms with E-state index in [1.165, 1.54) is 24.0 Å². The molecule has 1 nitrogen and oxygen atoms in total. The first kappa shape index (κ1) is 13.4. The van der Waals surface area contributed by atoms with Crippen LogP contribution in [0.3, 0.4) is 0 Å². The molecule has 0 amide bonds. The van der Waals surface area contributed by atoms with E-state index in [0.29, 0.717) is 18.0 Å². The van der Waals surface area contributed by atoms with Gasteiger partial charge in [0.15, 0.2) is 0 Å². The zero-order valence-electron chi connectivity index (χ0n) is 12.1. The summed E-state index contributed by atoms with van der Waals surface area (Å²) in [6.07, 6.45) is 3.73. The minimum atomic E-state index is 0.594. The van der Waals surface area contributed by atoms with Gasteiger partial charge in [-0.2, -0.15) is 0 Å². The average Bonchev–Trinajstić information content (AvgIpc) is 2.97. The van der Waals surface area contributed by atoms with Crippen LogP contribution in [0.15, 0.2) is 60.7 Å². The lowest BCUT2D eigenvalue weighted by molar-refractivity contribution is 0.480. The first-order valence-corrected chi connectivity index (χ1v) is 7.68. The van der Waals surface area contributed by atoms with E-state index < -0.39 is 0 Å². The molecule has 104 valence electrons. The Morgan fingerprint density at radius 2 is 1.60 bits per heavy atom. The highest BCUT2D eigenvalue weighted by Gasteiger charge is 2.28. The van der Waals surface area contributed by atoms with Crippen molar-refractivity contribution in [1.29, 1.82) is 0 Å². The molecule has 1 unspecified atom stereocenters. The van der Waals surface area contributed by atoms with Crippen LogP contribution in [-0.4, -0.2) is 12.1 Å². The van der Waals surface area contributed by atoms with Gasteiger partial charge in [0.2, 0.25) is 0 Å². The first-order chi connectivity index (χ1) is 9.83. The molecule has 0 bridgehead atoms. The average molecular weight is 265 g/mol. The smallest absolute Gasteiger partial charge is 0.0136 e. The Bertz CT molecular complexity index is 520. The predicted molar refractivity (Wildman–Crippen MR) is 84.9 cm³/mol. The third-order valence-corrected chi connectivity index (χ3v) is 4.53. The van der Waals surface area contributed by atoms with E-state index in [2.05, 4.69) is 72.9 Å². The van der Waals surface area contributed by atoms with Gasteiger partial charge in [0, 0.05) is 12.1 Å². The van der Waals surface area contributed by atoms with E-state index in [1.54, 1.807) is 0 Å². The number of benzene rings is 2. The van der Waals surface area contributed by atoms with Gasteiger partial charge in [0.05, 0.1) is 0 Å². The van der Waals surface area contributed by atoms with Crippen LogP contribution in [0.4, 0.5) is 0 Å². The zero-order valence-corrected chi connectivity index (χ0v) is 12.1. The second-order valence-corrected chi connectivity index (χ2v) is 5.94. The maximum atomic E-state index is 3.84. The summed E-state index contributed by atoms with van der Waals surface area (Å²) < 4.78 is 0. The molecule has 3 atom stereocenters. The number of nitrogens with one attached hydrogen (secondary N) is 1. The fourth-order valence-corrected chi connectivity index (χ4v) is 3.29. The van der Waals surface area contributed by atoms with Crippen LogP contribution in [0.25, 0.3) is 0 Å². The van der Waals surface area contributed by atoms with E-state index in [-0.39, 0.29) is 0 Å². The van der Waals surface area contributed by atoms with Crippen molar-refractivity contribution < 1.29 is 0 Å². The third kappa shape index (κ3) is 3.10. The predicted octanol–water partition coefficient (Wildman–Crippen LogP) is 4.15. The summed E-state index contributed by atoms with van der Waals surface area (Å²) in [6.45, 7) is 2.35. The first-order valence-electron chi connectivity index (χ1n) is 7.68. The fourth-order valence-electron chi connectivity index (χ4n) is 3.29. The van der Waals surface area contributed by atoms with Crippen LogP contribution in [0, 0.1) is 0 Å². The van der Waals surface area contributed by atoms with Crippen molar-refractivity contribution >= 4 is 0 Å². The van der Waals surface area contributed by atoms with Gasteiger partial charge in [-0.3, -0.25) is 0 Å². The quantitative estimate of drug-likeness (QED) is 0.875. The van der Waals surface area contributed by atoms with Crippen molar-refractivity contribution in [3.8, 4) is 0 Å². The van der Waals surface area contributed by atoms with E-state index >= 15 is 0 Å². The summed E-state index contributed by atoms with van der Waals surface area (Å²) in [6, 6.07) is 22.9. The fraction of sp³-hybridized carbons (Fsp3) is 0.368. The number of rotatable bonds is 4. The van der Waals surface area contributed by atoms with Crippen LogP contribution >= 0.6 is 0 Å². The molecular formula is C19H23N. The molecule has 1 aliphatic rings. The van der Waals surface area contributed by atoms with E-state index in [1.807, 2.05) is 0 Å². The van der Waals surface area contributed by atoms with Crippen molar-refractivity contribution in [3.63, 3.8) is 0 Å². The monoisotopic (exact) mass is 265 g/mol. The Morgan fingerprint density at radius 3 is 2.30 bits per heavy atom. The highest BCUT2D eigenvalue weighted by atomic mass is 15.0. The van der Waals surface area contributed by atoms with Gasteiger partial charge in [-0.15, -0.1) is 0 Å². The van der Waals surface area contributed by atoms with E-state index in [0.717, 1.165) is 6.42 Å². The molecule has 1 fully saturated rings. The maximum Gasteiger partial charge on any atom is 0.0136 e. The van der Waals surface area contributed by atoms with E-state index in [4.69, 9.17) is 0 Å². The molecule has 1 aliphatic heterocycles. The summed E-state index contributed by atoms with van der Waals surface area (Å²) in [5.41, 5.74) is 2.89. The largest absolute Gasteiger partial charge is 0.310 e. The summed E-state index contributed by atoms with van der Waals surface area (Å²) in [7, 11) is 0. The van der Waals surface area contributed by atoms with E-state index in [9.17, 15) is 0 Å². The molecule has 1 heteroatoms. The van der Waals surface area contributed by atoms with Crippen molar-refractivity contribution in [1.82, 2.24) is 5.32 Å². The number of hydrogen-bond donors (Lipinski definition) is 1. The van der Waals surface area contributed by atoms with Gasteiger partial charge in [0.25, 0.3) is 0 Å². The molecule has 0 saturated carbocycles. The second kappa shape index (κ2) is 6.23. The second-order valence-electron chi connectivity index (χ2n) is 5.94. The molecule has 20 heavy (non-hydrogen) atoms. The lowest BCUT2D eigenvalue weighted by Gasteiger charge is -2.21. The highest BCUT2D eigenvalue weighted by Crippen LogP contribution is 2.28. The minimum Gasteiger partial charge on any atom is -0.310 e. The molecule has 0 spiro atoms. The normalized spacial score (nSPS) is 23.6. The van der Waals surface area contributed by atoms with Crippen LogP contribution in [0.1, 0.15) is 36.8 Å². The molecule has 1 saturated heterocycles. The van der Waals surface area contributed by atoms with Gasteiger partial charge < -0.3 is 5.32 Å². The van der Waals surface area contributed by atoms with Crippen LogP contribution in [0.5, 0.6) is 0 Å². The molecule has 1 N–H and O–H groups in total. The third-order valence-electron chi connectivity index (χ3n) is 4.53. The molecule has 2 aromatic carbocycles. The summed E-state index contributed by atoms with van der Waals surface area (Å²) in [5, 5.41) is 3.84. The maximum absolute atomic E-state index is 3.84. The Balaban J connectivity index is 1.59. The molecule has 0 aromatic heterocycles. The molecular weight excluding hydrogens is 242 g/mol. The topological polar surface area (TPSA) is 12.0 Å². The lowest BCUT2D eigenvalue weighted by atomic mass is 9.92. The summed E-state index contributed by atoms with van der Waals surface area (Å²) in [4.78, 5) is 0. The van der Waals surface area contributed by atoms with Crippen molar-refractivity contribution in [2.24, 2.45) is 0 Å².